The second kappa shape index (κ2) is 4.75. The van der Waals surface area contributed by atoms with Gasteiger partial charge in [-0.25, -0.2) is 4.79 Å². The summed E-state index contributed by atoms with van der Waals surface area (Å²) in [7, 11) is 0. The number of likely N-dealkylation sites (tertiary alicyclic amines) is 1. The Morgan fingerprint density at radius 1 is 1.06 bits per heavy atom. The van der Waals surface area contributed by atoms with Crippen molar-refractivity contribution in [3.8, 4) is 0 Å². The van der Waals surface area contributed by atoms with Crippen LogP contribution in [0.3, 0.4) is 0 Å². The number of amides is 1. The molecule has 1 aliphatic rings. The van der Waals surface area contributed by atoms with Crippen LogP contribution in [-0.2, 0) is 4.74 Å². The lowest BCUT2D eigenvalue weighted by molar-refractivity contribution is -0.00913. The summed E-state index contributed by atoms with van der Waals surface area (Å²) < 4.78 is 5.42. The quantitative estimate of drug-likeness (QED) is 0.653. The smallest absolute Gasteiger partial charge is 0.410 e. The molecule has 1 fully saturated rings. The van der Waals surface area contributed by atoms with E-state index in [9.17, 15) is 4.79 Å². The van der Waals surface area contributed by atoms with E-state index in [0.29, 0.717) is 5.41 Å². The number of nitrogens with zero attached hydrogens (tertiary/aromatic N) is 1. The van der Waals surface area contributed by atoms with Crippen molar-refractivity contribution in [1.29, 1.82) is 0 Å². The number of hydrogen-bond acceptors (Lipinski definition) is 2. The predicted molar refractivity (Wildman–Crippen MR) is 74.6 cm³/mol. The van der Waals surface area contributed by atoms with Gasteiger partial charge in [0.05, 0.1) is 0 Å². The second-order valence-electron chi connectivity index (χ2n) is 7.78. The standard InChI is InChI=1S/C15H29NO2/c1-13(2,3)15(7)8-10-16(11-9-15)12(17)18-14(4,5)6/h8-11H2,1-7H3. The number of hydrogen-bond donors (Lipinski definition) is 0. The molecule has 1 heterocycles. The first kappa shape index (κ1) is 15.3. The summed E-state index contributed by atoms with van der Waals surface area (Å²) in [6.07, 6.45) is 1.93. The molecule has 0 N–H and O–H groups in total. The fourth-order valence-electron chi connectivity index (χ4n) is 2.26. The Balaban J connectivity index is 2.57. The molecule has 0 aromatic heterocycles. The van der Waals surface area contributed by atoms with Gasteiger partial charge in [-0.3, -0.25) is 0 Å². The monoisotopic (exact) mass is 255 g/mol. The fraction of sp³-hybridized carbons (Fsp3) is 0.933. The molecule has 1 aliphatic heterocycles. The Hall–Kier alpha value is -0.730. The van der Waals surface area contributed by atoms with Crippen LogP contribution in [0.1, 0.15) is 61.3 Å². The van der Waals surface area contributed by atoms with E-state index < -0.39 is 5.60 Å². The summed E-state index contributed by atoms with van der Waals surface area (Å²) in [5.41, 5.74) is 0.195. The number of ether oxygens (including phenoxy) is 1. The van der Waals surface area contributed by atoms with Gasteiger partial charge in [-0.05, 0) is 44.4 Å². The van der Waals surface area contributed by atoms with Crippen molar-refractivity contribution in [2.24, 2.45) is 10.8 Å². The molecule has 0 aromatic rings. The first-order chi connectivity index (χ1) is 7.95. The minimum atomic E-state index is -0.401. The van der Waals surface area contributed by atoms with Gasteiger partial charge in [-0.15, -0.1) is 0 Å². The van der Waals surface area contributed by atoms with E-state index in [0.717, 1.165) is 25.9 Å². The lowest BCUT2D eigenvalue weighted by Crippen LogP contribution is -2.48. The Kier molecular flexibility index (Phi) is 4.04. The zero-order chi connectivity index (χ0) is 14.2. The fourth-order valence-corrected chi connectivity index (χ4v) is 2.26. The zero-order valence-electron chi connectivity index (χ0n) is 13.1. The summed E-state index contributed by atoms with van der Waals surface area (Å²) in [6, 6.07) is 0. The van der Waals surface area contributed by atoms with E-state index in [1.165, 1.54) is 0 Å². The molecule has 106 valence electrons. The maximum Gasteiger partial charge on any atom is 0.410 e. The van der Waals surface area contributed by atoms with Gasteiger partial charge in [-0.1, -0.05) is 27.7 Å². The molecule has 0 radical (unpaired) electrons. The lowest BCUT2D eigenvalue weighted by atomic mass is 9.63. The minimum Gasteiger partial charge on any atom is -0.444 e. The van der Waals surface area contributed by atoms with Gasteiger partial charge in [0.15, 0.2) is 0 Å². The van der Waals surface area contributed by atoms with Crippen LogP contribution in [0.2, 0.25) is 0 Å². The van der Waals surface area contributed by atoms with Crippen LogP contribution in [0, 0.1) is 10.8 Å². The van der Waals surface area contributed by atoms with E-state index >= 15 is 0 Å². The molecule has 1 saturated heterocycles. The van der Waals surface area contributed by atoms with Crippen molar-refractivity contribution in [1.82, 2.24) is 4.90 Å². The SMILES string of the molecule is CC(C)(C)OC(=O)N1CCC(C)(C(C)(C)C)CC1. The third-order valence-corrected chi connectivity index (χ3v) is 4.33. The third kappa shape index (κ3) is 3.63. The highest BCUT2D eigenvalue weighted by atomic mass is 16.6. The molecule has 3 nitrogen and oxygen atoms in total. The molecule has 18 heavy (non-hydrogen) atoms. The molecule has 3 heteroatoms. The molecule has 0 aromatic carbocycles. The van der Waals surface area contributed by atoms with Crippen molar-refractivity contribution in [3.63, 3.8) is 0 Å². The zero-order valence-corrected chi connectivity index (χ0v) is 13.1. The summed E-state index contributed by atoms with van der Waals surface area (Å²) in [5.74, 6) is 0. The normalized spacial score (nSPS) is 20.7. The predicted octanol–water partition coefficient (Wildman–Crippen LogP) is 4.07. The largest absolute Gasteiger partial charge is 0.444 e. The lowest BCUT2D eigenvalue weighted by Gasteiger charge is -2.47. The molecular weight excluding hydrogens is 226 g/mol. The topological polar surface area (TPSA) is 29.5 Å². The Labute approximate surface area is 112 Å². The maximum atomic E-state index is 12.0. The van der Waals surface area contributed by atoms with Gasteiger partial charge >= 0.3 is 6.09 Å². The summed E-state index contributed by atoms with van der Waals surface area (Å²) >= 11 is 0. The molecule has 0 aliphatic carbocycles. The van der Waals surface area contributed by atoms with Crippen molar-refractivity contribution in [2.75, 3.05) is 13.1 Å². The summed E-state index contributed by atoms with van der Waals surface area (Å²) in [4.78, 5) is 13.8. The van der Waals surface area contributed by atoms with Crippen molar-refractivity contribution in [2.45, 2.75) is 66.9 Å². The minimum absolute atomic E-state index is 0.168. The van der Waals surface area contributed by atoms with Gasteiger partial charge < -0.3 is 9.64 Å². The molecule has 0 spiro atoms. The van der Waals surface area contributed by atoms with E-state index in [4.69, 9.17) is 4.74 Å². The van der Waals surface area contributed by atoms with Crippen LogP contribution >= 0.6 is 0 Å². The average Bonchev–Trinajstić information content (AvgIpc) is 2.14. The maximum absolute atomic E-state index is 12.0. The number of rotatable bonds is 0. The number of carbonyl (C=O) groups is 1. The Morgan fingerprint density at radius 3 is 1.83 bits per heavy atom. The van der Waals surface area contributed by atoms with Crippen LogP contribution in [0.4, 0.5) is 4.79 Å². The van der Waals surface area contributed by atoms with Gasteiger partial charge in [-0.2, -0.15) is 0 Å². The highest BCUT2D eigenvalue weighted by Crippen LogP contribution is 2.46. The van der Waals surface area contributed by atoms with Crippen LogP contribution in [0.5, 0.6) is 0 Å². The number of piperidine rings is 1. The molecule has 0 unspecified atom stereocenters. The van der Waals surface area contributed by atoms with Crippen molar-refractivity contribution >= 4 is 6.09 Å². The summed E-state index contributed by atoms with van der Waals surface area (Å²) in [6.45, 7) is 16.5. The van der Waals surface area contributed by atoms with Gasteiger partial charge in [0.25, 0.3) is 0 Å². The van der Waals surface area contributed by atoms with Gasteiger partial charge in [0, 0.05) is 13.1 Å². The highest BCUT2D eigenvalue weighted by Gasteiger charge is 2.41. The molecule has 1 amide bonds. The van der Waals surface area contributed by atoms with Crippen LogP contribution in [0.15, 0.2) is 0 Å². The van der Waals surface area contributed by atoms with Crippen LogP contribution < -0.4 is 0 Å². The molecule has 0 bridgehead atoms. The molecule has 0 atom stereocenters. The van der Waals surface area contributed by atoms with E-state index in [-0.39, 0.29) is 11.5 Å². The first-order valence-corrected chi connectivity index (χ1v) is 6.93. The Morgan fingerprint density at radius 2 is 1.50 bits per heavy atom. The van der Waals surface area contributed by atoms with E-state index in [1.807, 2.05) is 25.7 Å². The van der Waals surface area contributed by atoms with E-state index in [1.54, 1.807) is 0 Å². The number of carbonyl (C=O) groups excluding carboxylic acids is 1. The van der Waals surface area contributed by atoms with E-state index in [2.05, 4.69) is 27.7 Å². The molecule has 0 saturated carbocycles. The van der Waals surface area contributed by atoms with Crippen molar-refractivity contribution in [3.05, 3.63) is 0 Å². The third-order valence-electron chi connectivity index (χ3n) is 4.33. The second-order valence-corrected chi connectivity index (χ2v) is 7.78. The van der Waals surface area contributed by atoms with Gasteiger partial charge in [0.1, 0.15) is 5.60 Å². The molecule has 1 rings (SSSR count). The van der Waals surface area contributed by atoms with Crippen LogP contribution in [0.25, 0.3) is 0 Å². The van der Waals surface area contributed by atoms with Gasteiger partial charge in [0.2, 0.25) is 0 Å². The highest BCUT2D eigenvalue weighted by molar-refractivity contribution is 5.68. The summed E-state index contributed by atoms with van der Waals surface area (Å²) in [5, 5.41) is 0. The molecular formula is C15H29NO2. The Bertz CT molecular complexity index is 301. The van der Waals surface area contributed by atoms with Crippen molar-refractivity contribution < 1.29 is 9.53 Å². The van der Waals surface area contributed by atoms with Crippen LogP contribution in [-0.4, -0.2) is 29.7 Å². The first-order valence-electron chi connectivity index (χ1n) is 6.93. The average molecular weight is 255 g/mol.